The Morgan fingerprint density at radius 3 is 1.16 bits per heavy atom. The van der Waals surface area contributed by atoms with E-state index in [9.17, 15) is 0 Å². The molecular formula is C58H40N2O. The molecule has 1 heterocycles. The quantitative estimate of drug-likeness (QED) is 0.145. The zero-order chi connectivity index (χ0) is 40.5. The standard InChI is InChI=1S/C58H40N2O/c1-5-16-48(17-6-1)59(49-18-7-2-8-19-49)52-37-35-44(36-38-52)43-29-27-41(28-30-43)42-31-33-45(34-32-42)47-39-46-15-13-24-53-54-25-14-26-55(58(54)61-56(40-47)57(46)53)60(50-20-9-3-10-21-50)51-22-11-4-12-23-51/h1-40H. The molecule has 1 aliphatic rings. The van der Waals surface area contributed by atoms with Crippen LogP contribution in [0.2, 0.25) is 0 Å². The fraction of sp³-hybridized carbons (Fsp3) is 0. The number of anilines is 6. The maximum atomic E-state index is 7.02. The number of fused-ring (bicyclic) bond motifs is 2. The van der Waals surface area contributed by atoms with Gasteiger partial charge in [0, 0.05) is 39.4 Å². The molecule has 10 aromatic carbocycles. The summed E-state index contributed by atoms with van der Waals surface area (Å²) in [5.41, 5.74) is 15.8. The van der Waals surface area contributed by atoms with E-state index in [0.29, 0.717) is 0 Å². The smallest absolute Gasteiger partial charge is 0.159 e. The third-order valence-corrected chi connectivity index (χ3v) is 11.6. The van der Waals surface area contributed by atoms with Crippen molar-refractivity contribution >= 4 is 44.9 Å². The molecule has 0 fully saturated rings. The van der Waals surface area contributed by atoms with Gasteiger partial charge in [-0.05, 0) is 123 Å². The summed E-state index contributed by atoms with van der Waals surface area (Å²) in [4.78, 5) is 4.57. The van der Waals surface area contributed by atoms with Crippen molar-refractivity contribution in [1.82, 2.24) is 0 Å². The van der Waals surface area contributed by atoms with Crippen LogP contribution in [0.25, 0.3) is 55.3 Å². The molecule has 0 atom stereocenters. The molecule has 0 saturated heterocycles. The lowest BCUT2D eigenvalue weighted by Gasteiger charge is -2.30. The molecule has 0 N–H and O–H groups in total. The monoisotopic (exact) mass is 780 g/mol. The highest BCUT2D eigenvalue weighted by molar-refractivity contribution is 6.07. The van der Waals surface area contributed by atoms with Gasteiger partial charge in [-0.2, -0.15) is 0 Å². The average molecular weight is 781 g/mol. The maximum absolute atomic E-state index is 7.02. The molecule has 0 unspecified atom stereocenters. The molecular weight excluding hydrogens is 741 g/mol. The van der Waals surface area contributed by atoms with Crippen molar-refractivity contribution in [3.05, 3.63) is 243 Å². The summed E-state index contributed by atoms with van der Waals surface area (Å²) in [7, 11) is 0. The Labute approximate surface area is 356 Å². The molecule has 0 spiro atoms. The van der Waals surface area contributed by atoms with Gasteiger partial charge in [-0.3, -0.25) is 0 Å². The highest BCUT2D eigenvalue weighted by atomic mass is 16.5. The summed E-state index contributed by atoms with van der Waals surface area (Å²) < 4.78 is 7.02. The largest absolute Gasteiger partial charge is 0.454 e. The molecule has 61 heavy (non-hydrogen) atoms. The zero-order valence-corrected chi connectivity index (χ0v) is 33.4. The van der Waals surface area contributed by atoms with Crippen molar-refractivity contribution < 1.29 is 4.74 Å². The lowest BCUT2D eigenvalue weighted by molar-refractivity contribution is 0.488. The van der Waals surface area contributed by atoms with Crippen LogP contribution in [0.4, 0.5) is 34.1 Å². The number of benzene rings is 10. The third kappa shape index (κ3) is 6.78. The van der Waals surface area contributed by atoms with Crippen LogP contribution in [-0.4, -0.2) is 0 Å². The summed E-state index contributed by atoms with van der Waals surface area (Å²) in [6, 6.07) is 86.1. The Morgan fingerprint density at radius 2 is 0.672 bits per heavy atom. The van der Waals surface area contributed by atoms with Crippen LogP contribution in [0, 0.1) is 0 Å². The van der Waals surface area contributed by atoms with Crippen LogP contribution < -0.4 is 14.5 Å². The van der Waals surface area contributed by atoms with Gasteiger partial charge in [-0.1, -0.05) is 164 Å². The summed E-state index contributed by atoms with van der Waals surface area (Å²) in [6.45, 7) is 0. The second-order valence-electron chi connectivity index (χ2n) is 15.3. The van der Waals surface area contributed by atoms with Gasteiger partial charge < -0.3 is 14.5 Å². The van der Waals surface area contributed by atoms with Gasteiger partial charge in [-0.25, -0.2) is 0 Å². The van der Waals surface area contributed by atoms with Gasteiger partial charge in [0.1, 0.15) is 5.75 Å². The molecule has 0 amide bonds. The fourth-order valence-corrected chi connectivity index (χ4v) is 8.69. The van der Waals surface area contributed by atoms with Gasteiger partial charge in [0.05, 0.1) is 5.69 Å². The van der Waals surface area contributed by atoms with Gasteiger partial charge in [0.15, 0.2) is 5.75 Å². The highest BCUT2D eigenvalue weighted by Gasteiger charge is 2.27. The second kappa shape index (κ2) is 15.6. The Balaban J connectivity index is 0.873. The molecule has 0 saturated carbocycles. The first kappa shape index (κ1) is 36.0. The SMILES string of the molecule is c1ccc(N(c2ccccc2)c2ccc(-c3ccc(-c4ccc(-c5cc6c7c(cccc7c5)-c5cccc(N(c7ccccc7)c7ccccc7)c5O6)cc4)cc3)cc2)cc1. The lowest BCUT2D eigenvalue weighted by atomic mass is 9.91. The van der Waals surface area contributed by atoms with E-state index in [0.717, 1.165) is 73.1 Å². The van der Waals surface area contributed by atoms with Crippen LogP contribution in [0.1, 0.15) is 0 Å². The molecule has 0 bridgehead atoms. The fourth-order valence-electron chi connectivity index (χ4n) is 8.69. The van der Waals surface area contributed by atoms with Crippen molar-refractivity contribution in [2.75, 3.05) is 9.80 Å². The van der Waals surface area contributed by atoms with Crippen molar-refractivity contribution in [2.24, 2.45) is 0 Å². The summed E-state index contributed by atoms with van der Waals surface area (Å²) in [6.07, 6.45) is 0. The average Bonchev–Trinajstić information content (AvgIpc) is 3.34. The maximum Gasteiger partial charge on any atom is 0.159 e. The van der Waals surface area contributed by atoms with Gasteiger partial charge >= 0.3 is 0 Å². The number of hydrogen-bond donors (Lipinski definition) is 0. The van der Waals surface area contributed by atoms with Crippen molar-refractivity contribution in [1.29, 1.82) is 0 Å². The highest BCUT2D eigenvalue weighted by Crippen LogP contribution is 2.53. The van der Waals surface area contributed by atoms with E-state index < -0.39 is 0 Å². The van der Waals surface area contributed by atoms with Crippen LogP contribution >= 0.6 is 0 Å². The first-order valence-corrected chi connectivity index (χ1v) is 20.7. The van der Waals surface area contributed by atoms with Crippen LogP contribution in [0.5, 0.6) is 11.5 Å². The minimum Gasteiger partial charge on any atom is -0.454 e. The van der Waals surface area contributed by atoms with E-state index in [-0.39, 0.29) is 0 Å². The molecule has 3 heteroatoms. The Bertz CT molecular complexity index is 3030. The van der Waals surface area contributed by atoms with Crippen LogP contribution in [0.15, 0.2) is 243 Å². The third-order valence-electron chi connectivity index (χ3n) is 11.6. The topological polar surface area (TPSA) is 15.7 Å². The van der Waals surface area contributed by atoms with E-state index in [4.69, 9.17) is 4.74 Å². The predicted molar refractivity (Wildman–Crippen MR) is 255 cm³/mol. The van der Waals surface area contributed by atoms with Crippen LogP contribution in [-0.2, 0) is 0 Å². The molecule has 0 aliphatic carbocycles. The predicted octanol–water partition coefficient (Wildman–Crippen LogP) is 16.6. The van der Waals surface area contributed by atoms with Gasteiger partial charge in [-0.15, -0.1) is 0 Å². The molecule has 0 aromatic heterocycles. The van der Waals surface area contributed by atoms with E-state index in [2.05, 4.69) is 252 Å². The number of hydrogen-bond acceptors (Lipinski definition) is 3. The second-order valence-corrected chi connectivity index (χ2v) is 15.3. The molecule has 288 valence electrons. The number of rotatable bonds is 9. The van der Waals surface area contributed by atoms with Gasteiger partial charge in [0.2, 0.25) is 0 Å². The lowest BCUT2D eigenvalue weighted by Crippen LogP contribution is -2.12. The summed E-state index contributed by atoms with van der Waals surface area (Å²) in [5, 5.41) is 2.29. The number of ether oxygens (including phenoxy) is 1. The molecule has 0 radical (unpaired) electrons. The van der Waals surface area contributed by atoms with Crippen LogP contribution in [0.3, 0.4) is 0 Å². The molecule has 3 nitrogen and oxygen atoms in total. The molecule has 1 aliphatic heterocycles. The minimum absolute atomic E-state index is 0.850. The molecule has 11 rings (SSSR count). The first-order valence-electron chi connectivity index (χ1n) is 20.7. The first-order chi connectivity index (χ1) is 30.2. The summed E-state index contributed by atoms with van der Waals surface area (Å²) >= 11 is 0. The van der Waals surface area contributed by atoms with Crippen molar-refractivity contribution in [3.63, 3.8) is 0 Å². The minimum atomic E-state index is 0.850. The number of para-hydroxylation sites is 5. The zero-order valence-electron chi connectivity index (χ0n) is 33.4. The van der Waals surface area contributed by atoms with E-state index in [1.807, 2.05) is 0 Å². The Hall–Kier alpha value is -8.14. The normalized spacial score (nSPS) is 11.4. The summed E-state index contributed by atoms with van der Waals surface area (Å²) in [5.74, 6) is 1.72. The number of nitrogens with zero attached hydrogens (tertiary/aromatic N) is 2. The molecule has 10 aromatic rings. The Kier molecular flexibility index (Phi) is 9.18. The van der Waals surface area contributed by atoms with E-state index in [1.54, 1.807) is 0 Å². The van der Waals surface area contributed by atoms with Crippen molar-refractivity contribution in [3.8, 4) is 56.0 Å². The van der Waals surface area contributed by atoms with E-state index in [1.165, 1.54) is 27.8 Å². The van der Waals surface area contributed by atoms with E-state index >= 15 is 0 Å². The van der Waals surface area contributed by atoms with Crippen molar-refractivity contribution in [2.45, 2.75) is 0 Å². The Morgan fingerprint density at radius 1 is 0.279 bits per heavy atom. The van der Waals surface area contributed by atoms with Gasteiger partial charge in [0.25, 0.3) is 0 Å².